The van der Waals surface area contributed by atoms with E-state index in [9.17, 15) is 4.79 Å². The van der Waals surface area contributed by atoms with E-state index in [2.05, 4.69) is 27.8 Å². The minimum atomic E-state index is 0.0623. The molecule has 0 aliphatic carbocycles. The molecule has 1 saturated heterocycles. The lowest BCUT2D eigenvalue weighted by Gasteiger charge is -2.33. The number of nitrogens with zero attached hydrogens (tertiary/aromatic N) is 2. The molecule has 0 bridgehead atoms. The summed E-state index contributed by atoms with van der Waals surface area (Å²) in [5, 5.41) is 1.81. The third-order valence-electron chi connectivity index (χ3n) is 2.55. The van der Waals surface area contributed by atoms with Crippen LogP contribution in [0.2, 0.25) is 0 Å². The van der Waals surface area contributed by atoms with Crippen LogP contribution in [0.5, 0.6) is 0 Å². The molecule has 1 amide bonds. The number of carbonyl (C=O) groups excluding carboxylic acids is 1. The van der Waals surface area contributed by atoms with Crippen molar-refractivity contribution < 1.29 is 4.79 Å². The summed E-state index contributed by atoms with van der Waals surface area (Å²) < 4.78 is 0. The number of hydrogen-bond donors (Lipinski definition) is 0. The van der Waals surface area contributed by atoms with Crippen molar-refractivity contribution in [1.82, 2.24) is 9.88 Å². The van der Waals surface area contributed by atoms with Gasteiger partial charge in [0.25, 0.3) is 5.91 Å². The number of hydrogen-bond acceptors (Lipinski definition) is 3. The predicted octanol–water partition coefficient (Wildman–Crippen LogP) is 2.39. The second kappa shape index (κ2) is 4.61. The highest BCUT2D eigenvalue weighted by Gasteiger charge is 2.27. The molecule has 2 atom stereocenters. The molecule has 2 rings (SSSR count). The number of carbonyl (C=O) groups is 1. The average Bonchev–Trinajstić information content (AvgIpc) is 2.67. The smallest absolute Gasteiger partial charge is 0.273 e. The molecule has 0 aromatic carbocycles. The molecule has 1 aliphatic rings. The van der Waals surface area contributed by atoms with Gasteiger partial charge in [0.1, 0.15) is 5.69 Å². The van der Waals surface area contributed by atoms with Crippen molar-refractivity contribution >= 4 is 33.2 Å². The lowest BCUT2D eigenvalue weighted by Crippen LogP contribution is -2.43. The second-order valence-electron chi connectivity index (χ2n) is 4.02. The minimum absolute atomic E-state index is 0.0623. The number of piperidine rings is 1. The summed E-state index contributed by atoms with van der Waals surface area (Å²) in [6.45, 7) is 3.81. The summed E-state index contributed by atoms with van der Waals surface area (Å²) in [5.74, 6) is 0.623. The Bertz CT molecular complexity index is 331. The molecule has 0 N–H and O–H groups in total. The van der Waals surface area contributed by atoms with E-state index in [-0.39, 0.29) is 5.91 Å². The Morgan fingerprint density at radius 3 is 3.07 bits per heavy atom. The molecule has 1 aromatic rings. The van der Waals surface area contributed by atoms with E-state index >= 15 is 0 Å². The lowest BCUT2D eigenvalue weighted by atomic mass is 10.00. The maximum absolute atomic E-state index is 12.0. The molecule has 1 aliphatic heterocycles. The first-order valence-electron chi connectivity index (χ1n) is 4.98. The molecule has 2 unspecified atom stereocenters. The number of alkyl halides is 1. The van der Waals surface area contributed by atoms with Crippen molar-refractivity contribution in [1.29, 1.82) is 0 Å². The Hall–Kier alpha value is -0.420. The molecule has 3 nitrogen and oxygen atoms in total. The SMILES string of the molecule is CC1CC(Br)CN(C(=O)c2cscn2)C1. The van der Waals surface area contributed by atoms with Crippen molar-refractivity contribution in [2.45, 2.75) is 18.2 Å². The van der Waals surface area contributed by atoms with Gasteiger partial charge in [0.15, 0.2) is 0 Å². The summed E-state index contributed by atoms with van der Waals surface area (Å²) >= 11 is 5.05. The molecule has 5 heteroatoms. The van der Waals surface area contributed by atoms with Gasteiger partial charge in [-0.1, -0.05) is 22.9 Å². The van der Waals surface area contributed by atoms with Gasteiger partial charge in [-0.15, -0.1) is 11.3 Å². The molecule has 15 heavy (non-hydrogen) atoms. The molecule has 0 spiro atoms. The summed E-state index contributed by atoms with van der Waals surface area (Å²) in [4.78, 5) is 18.4. The van der Waals surface area contributed by atoms with Crippen LogP contribution in [0.4, 0.5) is 0 Å². The van der Waals surface area contributed by atoms with Gasteiger partial charge in [-0.3, -0.25) is 4.79 Å². The molecule has 2 heterocycles. The van der Waals surface area contributed by atoms with Crippen molar-refractivity contribution in [2.75, 3.05) is 13.1 Å². The van der Waals surface area contributed by atoms with Crippen LogP contribution in [0.1, 0.15) is 23.8 Å². The van der Waals surface area contributed by atoms with E-state index in [0.29, 0.717) is 16.4 Å². The first-order valence-corrected chi connectivity index (χ1v) is 6.84. The summed E-state index contributed by atoms with van der Waals surface area (Å²) in [7, 11) is 0. The number of thiazole rings is 1. The van der Waals surface area contributed by atoms with Crippen molar-refractivity contribution in [2.24, 2.45) is 5.92 Å². The number of likely N-dealkylation sites (tertiary alicyclic amines) is 1. The van der Waals surface area contributed by atoms with Crippen molar-refractivity contribution in [3.63, 3.8) is 0 Å². The van der Waals surface area contributed by atoms with Gasteiger partial charge in [-0.25, -0.2) is 4.98 Å². The third kappa shape index (κ3) is 2.58. The quantitative estimate of drug-likeness (QED) is 0.744. The van der Waals surface area contributed by atoms with Gasteiger partial charge in [-0.2, -0.15) is 0 Å². The Kier molecular flexibility index (Phi) is 3.41. The third-order valence-corrected chi connectivity index (χ3v) is 3.80. The Morgan fingerprint density at radius 2 is 2.47 bits per heavy atom. The fraction of sp³-hybridized carbons (Fsp3) is 0.600. The van der Waals surface area contributed by atoms with Crippen LogP contribution < -0.4 is 0 Å². The van der Waals surface area contributed by atoms with Crippen LogP contribution in [-0.2, 0) is 0 Å². The van der Waals surface area contributed by atoms with E-state index in [1.54, 1.807) is 5.51 Å². The van der Waals surface area contributed by atoms with Gasteiger partial charge in [0.05, 0.1) is 5.51 Å². The largest absolute Gasteiger partial charge is 0.336 e. The fourth-order valence-corrected chi connectivity index (χ4v) is 3.44. The van der Waals surface area contributed by atoms with Gasteiger partial charge in [-0.05, 0) is 12.3 Å². The Labute approximate surface area is 102 Å². The lowest BCUT2D eigenvalue weighted by molar-refractivity contribution is 0.0686. The first kappa shape index (κ1) is 11.1. The monoisotopic (exact) mass is 288 g/mol. The van der Waals surface area contributed by atoms with E-state index in [4.69, 9.17) is 0 Å². The topological polar surface area (TPSA) is 33.2 Å². The fourth-order valence-electron chi connectivity index (χ4n) is 1.92. The van der Waals surface area contributed by atoms with Crippen LogP contribution in [0.3, 0.4) is 0 Å². The zero-order valence-corrected chi connectivity index (χ0v) is 10.9. The van der Waals surface area contributed by atoms with Crippen LogP contribution in [0, 0.1) is 5.92 Å². The van der Waals surface area contributed by atoms with E-state index in [1.807, 2.05) is 10.3 Å². The van der Waals surface area contributed by atoms with Gasteiger partial charge in [0, 0.05) is 23.3 Å². The maximum atomic E-state index is 12.0. The molecule has 82 valence electrons. The first-order chi connectivity index (χ1) is 7.16. The van der Waals surface area contributed by atoms with Crippen LogP contribution >= 0.6 is 27.3 Å². The molecular formula is C10H13BrN2OS. The normalized spacial score (nSPS) is 26.7. The molecule has 1 aromatic heterocycles. The number of amides is 1. The number of aromatic nitrogens is 1. The van der Waals surface area contributed by atoms with E-state index in [1.165, 1.54) is 11.3 Å². The van der Waals surface area contributed by atoms with Gasteiger partial charge in [0.2, 0.25) is 0 Å². The minimum Gasteiger partial charge on any atom is -0.336 e. The molecule has 0 saturated carbocycles. The van der Waals surface area contributed by atoms with Crippen LogP contribution in [-0.4, -0.2) is 33.7 Å². The van der Waals surface area contributed by atoms with Gasteiger partial charge >= 0.3 is 0 Å². The Morgan fingerprint density at radius 1 is 1.67 bits per heavy atom. The van der Waals surface area contributed by atoms with Crippen molar-refractivity contribution in [3.05, 3.63) is 16.6 Å². The van der Waals surface area contributed by atoms with E-state index in [0.717, 1.165) is 19.5 Å². The number of rotatable bonds is 1. The van der Waals surface area contributed by atoms with Gasteiger partial charge < -0.3 is 4.90 Å². The summed E-state index contributed by atoms with van der Waals surface area (Å²) in [6.07, 6.45) is 1.14. The summed E-state index contributed by atoms with van der Waals surface area (Å²) in [6, 6.07) is 0. The van der Waals surface area contributed by atoms with Crippen LogP contribution in [0.15, 0.2) is 10.9 Å². The highest BCUT2D eigenvalue weighted by Crippen LogP contribution is 2.23. The highest BCUT2D eigenvalue weighted by atomic mass is 79.9. The molecule has 1 fully saturated rings. The molecule has 0 radical (unpaired) electrons. The van der Waals surface area contributed by atoms with Crippen molar-refractivity contribution in [3.8, 4) is 0 Å². The second-order valence-corrected chi connectivity index (χ2v) is 6.04. The zero-order valence-electron chi connectivity index (χ0n) is 8.52. The number of halogens is 1. The highest BCUT2D eigenvalue weighted by molar-refractivity contribution is 9.09. The van der Waals surface area contributed by atoms with Crippen LogP contribution in [0.25, 0.3) is 0 Å². The standard InChI is InChI=1S/C10H13BrN2OS/c1-7-2-8(11)4-13(3-7)10(14)9-5-15-6-12-9/h5-8H,2-4H2,1H3. The Balaban J connectivity index is 2.07. The maximum Gasteiger partial charge on any atom is 0.273 e. The molecular weight excluding hydrogens is 276 g/mol. The van der Waals surface area contributed by atoms with E-state index < -0.39 is 0 Å². The predicted molar refractivity (Wildman–Crippen MR) is 64.5 cm³/mol. The zero-order chi connectivity index (χ0) is 10.8. The average molecular weight is 289 g/mol. The summed E-state index contributed by atoms with van der Waals surface area (Å²) in [5.41, 5.74) is 2.28.